The fourth-order valence-corrected chi connectivity index (χ4v) is 3.83. The summed E-state index contributed by atoms with van der Waals surface area (Å²) in [5.74, 6) is 0.948. The molecule has 142 valence electrons. The van der Waals surface area contributed by atoms with Gasteiger partial charge in [0.15, 0.2) is 5.65 Å². The van der Waals surface area contributed by atoms with Crippen molar-refractivity contribution in [2.24, 2.45) is 11.8 Å². The first kappa shape index (κ1) is 18.8. The molecule has 3 heterocycles. The van der Waals surface area contributed by atoms with Gasteiger partial charge in [-0.1, -0.05) is 13.8 Å². The Hall–Kier alpha value is -1.99. The van der Waals surface area contributed by atoms with Crippen molar-refractivity contribution < 1.29 is 9.53 Å². The predicted octanol–water partition coefficient (Wildman–Crippen LogP) is 1.92. The van der Waals surface area contributed by atoms with Crippen LogP contribution in [0.1, 0.15) is 36.7 Å². The van der Waals surface area contributed by atoms with Crippen LogP contribution in [0.3, 0.4) is 0 Å². The van der Waals surface area contributed by atoms with Gasteiger partial charge in [-0.15, -0.1) is 0 Å². The Morgan fingerprint density at radius 1 is 1.35 bits per heavy atom. The molecule has 2 aromatic rings. The molecule has 1 saturated heterocycles. The van der Waals surface area contributed by atoms with E-state index in [0.717, 1.165) is 25.2 Å². The third kappa shape index (κ3) is 3.73. The van der Waals surface area contributed by atoms with Crippen molar-refractivity contribution in [1.29, 1.82) is 0 Å². The third-order valence-electron chi connectivity index (χ3n) is 5.24. The number of hydrogen-bond acceptors (Lipinski definition) is 6. The Kier molecular flexibility index (Phi) is 5.58. The highest BCUT2D eigenvalue weighted by molar-refractivity contribution is 5.95. The molecule has 1 aliphatic heterocycles. The van der Waals surface area contributed by atoms with Crippen molar-refractivity contribution in [3.8, 4) is 0 Å². The lowest BCUT2D eigenvalue weighted by atomic mass is 9.91. The van der Waals surface area contributed by atoms with E-state index < -0.39 is 0 Å². The van der Waals surface area contributed by atoms with Crippen molar-refractivity contribution >= 4 is 11.6 Å². The van der Waals surface area contributed by atoms with Crippen LogP contribution in [-0.4, -0.2) is 70.2 Å². The van der Waals surface area contributed by atoms with Crippen LogP contribution >= 0.6 is 0 Å². The highest BCUT2D eigenvalue weighted by Gasteiger charge is 2.35. The summed E-state index contributed by atoms with van der Waals surface area (Å²) in [6.07, 6.45) is 5.32. The number of carbonyl (C=O) groups is 1. The molecule has 26 heavy (non-hydrogen) atoms. The lowest BCUT2D eigenvalue weighted by molar-refractivity contribution is 0.0528. The van der Waals surface area contributed by atoms with E-state index in [9.17, 15) is 4.79 Å². The Morgan fingerprint density at radius 3 is 2.73 bits per heavy atom. The van der Waals surface area contributed by atoms with Gasteiger partial charge >= 0.3 is 5.97 Å². The summed E-state index contributed by atoms with van der Waals surface area (Å²) in [5.41, 5.74) is 2.05. The fourth-order valence-electron chi connectivity index (χ4n) is 3.83. The molecule has 0 unspecified atom stereocenters. The monoisotopic (exact) mass is 359 g/mol. The van der Waals surface area contributed by atoms with Crippen LogP contribution in [-0.2, 0) is 11.3 Å². The lowest BCUT2D eigenvalue weighted by Crippen LogP contribution is -2.37. The second-order valence-electron chi connectivity index (χ2n) is 7.64. The number of esters is 1. The molecule has 0 aliphatic carbocycles. The highest BCUT2D eigenvalue weighted by atomic mass is 16.5. The SMILES string of the molecule is CCOC(=O)c1cnn2cc(CN3C[C@@H](N(C)C)[C@H](C(C)C)C3)cnc12. The molecule has 0 spiro atoms. The molecule has 0 saturated carbocycles. The average Bonchev–Trinajstić information content (AvgIpc) is 3.19. The quantitative estimate of drug-likeness (QED) is 0.735. The van der Waals surface area contributed by atoms with Gasteiger partial charge in [-0.25, -0.2) is 14.3 Å². The average molecular weight is 359 g/mol. The second kappa shape index (κ2) is 7.72. The van der Waals surface area contributed by atoms with Crippen LogP contribution in [0, 0.1) is 11.8 Å². The van der Waals surface area contributed by atoms with Gasteiger partial charge in [0.05, 0.1) is 12.8 Å². The zero-order valence-corrected chi connectivity index (χ0v) is 16.3. The van der Waals surface area contributed by atoms with Crippen LogP contribution in [0.4, 0.5) is 0 Å². The molecule has 3 rings (SSSR count). The molecule has 0 aromatic carbocycles. The highest BCUT2D eigenvalue weighted by Crippen LogP contribution is 2.28. The van der Waals surface area contributed by atoms with Crippen LogP contribution in [0.15, 0.2) is 18.6 Å². The zero-order valence-electron chi connectivity index (χ0n) is 16.3. The van der Waals surface area contributed by atoms with Crippen molar-refractivity contribution in [3.63, 3.8) is 0 Å². The molecule has 0 N–H and O–H groups in total. The standard InChI is InChI=1S/C19H29N5O2/c1-6-26-19(25)15-8-21-24-10-14(7-20-18(15)24)9-23-11-16(13(2)3)17(12-23)22(4)5/h7-8,10,13,16-17H,6,9,11-12H2,1-5H3/t16-,17+/m0/s1. The molecule has 7 nitrogen and oxygen atoms in total. The number of nitrogens with zero attached hydrogens (tertiary/aromatic N) is 5. The molecular weight excluding hydrogens is 330 g/mol. The topological polar surface area (TPSA) is 63.0 Å². The van der Waals surface area contributed by atoms with E-state index in [1.807, 2.05) is 12.4 Å². The van der Waals surface area contributed by atoms with Gasteiger partial charge in [0.2, 0.25) is 0 Å². The number of fused-ring (bicyclic) bond motifs is 1. The number of aromatic nitrogens is 3. The zero-order chi connectivity index (χ0) is 18.8. The van der Waals surface area contributed by atoms with E-state index in [1.165, 1.54) is 6.20 Å². The Labute approximate surface area is 154 Å². The number of likely N-dealkylation sites (N-methyl/N-ethyl adjacent to an activating group) is 1. The van der Waals surface area contributed by atoms with Gasteiger partial charge < -0.3 is 9.64 Å². The molecule has 0 radical (unpaired) electrons. The van der Waals surface area contributed by atoms with Gasteiger partial charge in [0, 0.05) is 43.6 Å². The molecule has 2 aromatic heterocycles. The smallest absolute Gasteiger partial charge is 0.343 e. The third-order valence-corrected chi connectivity index (χ3v) is 5.24. The summed E-state index contributed by atoms with van der Waals surface area (Å²) in [6.45, 7) is 9.72. The Bertz CT molecular complexity index is 754. The van der Waals surface area contributed by atoms with Gasteiger partial charge in [0.1, 0.15) is 5.56 Å². The van der Waals surface area contributed by atoms with Crippen molar-refractivity contribution in [3.05, 3.63) is 29.7 Å². The maximum atomic E-state index is 12.0. The fraction of sp³-hybridized carbons (Fsp3) is 0.632. The van der Waals surface area contributed by atoms with Crippen LogP contribution in [0.5, 0.6) is 0 Å². The van der Waals surface area contributed by atoms with Gasteiger partial charge in [-0.05, 0) is 32.9 Å². The first-order valence-corrected chi connectivity index (χ1v) is 9.28. The van der Waals surface area contributed by atoms with E-state index in [-0.39, 0.29) is 5.97 Å². The molecule has 0 bridgehead atoms. The second-order valence-corrected chi connectivity index (χ2v) is 7.64. The maximum Gasteiger partial charge on any atom is 0.343 e. The van der Waals surface area contributed by atoms with E-state index in [2.05, 4.69) is 47.8 Å². The molecule has 0 amide bonds. The van der Waals surface area contributed by atoms with Crippen molar-refractivity contribution in [2.75, 3.05) is 33.8 Å². The summed E-state index contributed by atoms with van der Waals surface area (Å²) >= 11 is 0. The van der Waals surface area contributed by atoms with Crippen molar-refractivity contribution in [1.82, 2.24) is 24.4 Å². The number of likely N-dealkylation sites (tertiary alicyclic amines) is 1. The van der Waals surface area contributed by atoms with E-state index >= 15 is 0 Å². The first-order chi connectivity index (χ1) is 12.4. The Balaban J connectivity index is 1.75. The summed E-state index contributed by atoms with van der Waals surface area (Å²) < 4.78 is 6.72. The summed E-state index contributed by atoms with van der Waals surface area (Å²) in [6, 6.07) is 0.576. The molecule has 7 heteroatoms. The largest absolute Gasteiger partial charge is 0.462 e. The number of hydrogen-bond donors (Lipinski definition) is 0. The molecule has 1 fully saturated rings. The summed E-state index contributed by atoms with van der Waals surface area (Å²) in [5, 5.41) is 4.27. The normalized spacial score (nSPS) is 21.2. The summed E-state index contributed by atoms with van der Waals surface area (Å²) in [4.78, 5) is 21.2. The molecule has 2 atom stereocenters. The van der Waals surface area contributed by atoms with Gasteiger partial charge in [-0.3, -0.25) is 4.90 Å². The summed E-state index contributed by atoms with van der Waals surface area (Å²) in [7, 11) is 4.33. The maximum absolute atomic E-state index is 12.0. The van der Waals surface area contributed by atoms with Crippen LogP contribution < -0.4 is 0 Å². The van der Waals surface area contributed by atoms with Gasteiger partial charge in [0.25, 0.3) is 0 Å². The van der Waals surface area contributed by atoms with Gasteiger partial charge in [-0.2, -0.15) is 5.10 Å². The number of carbonyl (C=O) groups excluding carboxylic acids is 1. The molecular formula is C19H29N5O2. The van der Waals surface area contributed by atoms with E-state index in [1.54, 1.807) is 11.4 Å². The number of rotatable bonds is 6. The van der Waals surface area contributed by atoms with Crippen molar-refractivity contribution in [2.45, 2.75) is 33.4 Å². The van der Waals surface area contributed by atoms with Crippen LogP contribution in [0.2, 0.25) is 0 Å². The Morgan fingerprint density at radius 2 is 2.12 bits per heavy atom. The minimum atomic E-state index is -0.379. The molecule has 1 aliphatic rings. The first-order valence-electron chi connectivity index (χ1n) is 9.28. The predicted molar refractivity (Wildman–Crippen MR) is 100 cm³/mol. The number of ether oxygens (including phenoxy) is 1. The lowest BCUT2D eigenvalue weighted by Gasteiger charge is -2.27. The minimum Gasteiger partial charge on any atom is -0.462 e. The minimum absolute atomic E-state index is 0.341. The van der Waals surface area contributed by atoms with E-state index in [0.29, 0.717) is 35.7 Å². The van der Waals surface area contributed by atoms with E-state index in [4.69, 9.17) is 4.74 Å². The van der Waals surface area contributed by atoms with Crippen LogP contribution in [0.25, 0.3) is 5.65 Å².